The number of rotatable bonds is 4. The van der Waals surface area contributed by atoms with E-state index < -0.39 is 0 Å². The molecule has 2 aliphatic heterocycles. The van der Waals surface area contributed by atoms with Crippen molar-refractivity contribution in [2.24, 2.45) is 0 Å². The molecule has 2 fully saturated rings. The van der Waals surface area contributed by atoms with Crippen molar-refractivity contribution in [1.82, 2.24) is 20.0 Å². The lowest BCUT2D eigenvalue weighted by Crippen LogP contribution is -2.55. The van der Waals surface area contributed by atoms with Crippen LogP contribution < -0.4 is 5.32 Å². The lowest BCUT2D eigenvalue weighted by atomic mass is 9.96. The van der Waals surface area contributed by atoms with Crippen LogP contribution in [0.15, 0.2) is 0 Å². The van der Waals surface area contributed by atoms with Gasteiger partial charge in [-0.1, -0.05) is 0 Å². The maximum Gasteiger partial charge on any atom is 0.0166 e. The fraction of sp³-hybridized carbons (Fsp3) is 1.00. The number of hydrogen-bond donors (Lipinski definition) is 1. The molecule has 2 rings (SSSR count). The molecule has 18 heavy (non-hydrogen) atoms. The molecule has 2 heterocycles. The first-order valence-corrected chi connectivity index (χ1v) is 7.45. The van der Waals surface area contributed by atoms with Crippen molar-refractivity contribution in [2.75, 3.05) is 66.0 Å². The molecule has 106 valence electrons. The van der Waals surface area contributed by atoms with Gasteiger partial charge >= 0.3 is 0 Å². The van der Waals surface area contributed by atoms with Crippen LogP contribution in [-0.4, -0.2) is 86.2 Å². The summed E-state index contributed by atoms with van der Waals surface area (Å²) < 4.78 is 0. The number of nitrogens with one attached hydrogen (secondary N) is 1. The summed E-state index contributed by atoms with van der Waals surface area (Å²) in [4.78, 5) is 7.71. The highest BCUT2D eigenvalue weighted by Gasteiger charge is 2.28. The molecule has 0 aromatic carbocycles. The van der Waals surface area contributed by atoms with Crippen LogP contribution in [0.4, 0.5) is 0 Å². The van der Waals surface area contributed by atoms with Gasteiger partial charge in [0.1, 0.15) is 0 Å². The largest absolute Gasteiger partial charge is 0.314 e. The molecule has 1 N–H and O–H groups in total. The van der Waals surface area contributed by atoms with Crippen molar-refractivity contribution in [3.05, 3.63) is 0 Å². The molecular weight excluding hydrogens is 224 g/mol. The maximum absolute atomic E-state index is 3.44. The van der Waals surface area contributed by atoms with E-state index in [1.807, 2.05) is 0 Å². The topological polar surface area (TPSA) is 21.8 Å². The Kier molecular flexibility index (Phi) is 5.01. The van der Waals surface area contributed by atoms with Crippen molar-refractivity contribution in [1.29, 1.82) is 0 Å². The quantitative estimate of drug-likeness (QED) is 0.779. The van der Waals surface area contributed by atoms with Crippen LogP contribution in [0.1, 0.15) is 20.3 Å². The lowest BCUT2D eigenvalue weighted by Gasteiger charge is -2.43. The van der Waals surface area contributed by atoms with Crippen LogP contribution in [0.3, 0.4) is 0 Å². The minimum Gasteiger partial charge on any atom is -0.314 e. The van der Waals surface area contributed by atoms with Gasteiger partial charge in [-0.25, -0.2) is 0 Å². The summed E-state index contributed by atoms with van der Waals surface area (Å²) in [6.45, 7) is 15.7. The van der Waals surface area contributed by atoms with Gasteiger partial charge in [0.25, 0.3) is 0 Å². The third kappa shape index (κ3) is 3.92. The first kappa shape index (κ1) is 14.3. The van der Waals surface area contributed by atoms with Gasteiger partial charge in [0, 0.05) is 57.9 Å². The molecule has 0 aliphatic carbocycles. The fourth-order valence-electron chi connectivity index (χ4n) is 2.93. The Hall–Kier alpha value is -0.160. The molecule has 0 unspecified atom stereocenters. The predicted molar refractivity (Wildman–Crippen MR) is 77.1 cm³/mol. The highest BCUT2D eigenvalue weighted by atomic mass is 15.3. The highest BCUT2D eigenvalue weighted by molar-refractivity contribution is 4.86. The van der Waals surface area contributed by atoms with Crippen LogP contribution in [-0.2, 0) is 0 Å². The summed E-state index contributed by atoms with van der Waals surface area (Å²) >= 11 is 0. The average molecular weight is 254 g/mol. The van der Waals surface area contributed by atoms with Gasteiger partial charge in [0.15, 0.2) is 0 Å². The van der Waals surface area contributed by atoms with Gasteiger partial charge < -0.3 is 15.1 Å². The molecule has 0 saturated carbocycles. The summed E-state index contributed by atoms with van der Waals surface area (Å²) in [5.74, 6) is 0. The zero-order valence-electron chi connectivity index (χ0n) is 12.4. The fourth-order valence-corrected chi connectivity index (χ4v) is 2.93. The Morgan fingerprint density at radius 2 is 1.56 bits per heavy atom. The molecule has 0 bridgehead atoms. The smallest absolute Gasteiger partial charge is 0.0166 e. The van der Waals surface area contributed by atoms with Gasteiger partial charge in [-0.15, -0.1) is 0 Å². The van der Waals surface area contributed by atoms with Crippen LogP contribution in [0.2, 0.25) is 0 Å². The second-order valence-corrected chi connectivity index (χ2v) is 6.44. The summed E-state index contributed by atoms with van der Waals surface area (Å²) in [7, 11) is 2.22. The number of likely N-dealkylation sites (N-methyl/N-ethyl adjacent to an activating group) is 1. The summed E-state index contributed by atoms with van der Waals surface area (Å²) in [5, 5.41) is 3.44. The third-order valence-corrected chi connectivity index (χ3v) is 4.61. The Morgan fingerprint density at radius 3 is 2.17 bits per heavy atom. The van der Waals surface area contributed by atoms with E-state index >= 15 is 0 Å². The van der Waals surface area contributed by atoms with Crippen molar-refractivity contribution < 1.29 is 0 Å². The van der Waals surface area contributed by atoms with Crippen LogP contribution >= 0.6 is 0 Å². The average Bonchev–Trinajstić information content (AvgIpc) is 2.39. The Morgan fingerprint density at radius 1 is 0.944 bits per heavy atom. The SMILES string of the molecule is CN1CCN(CCC(C)(C)N2CCNCC2)CC1. The molecule has 0 radical (unpaired) electrons. The predicted octanol–water partition coefficient (Wildman–Crippen LogP) is 0.308. The molecule has 4 nitrogen and oxygen atoms in total. The normalized spacial score (nSPS) is 25.5. The van der Waals surface area contributed by atoms with E-state index in [9.17, 15) is 0 Å². The van der Waals surface area contributed by atoms with Gasteiger partial charge in [0.05, 0.1) is 0 Å². The first-order valence-electron chi connectivity index (χ1n) is 7.45. The Labute approximate surface area is 112 Å². The second kappa shape index (κ2) is 6.33. The first-order chi connectivity index (χ1) is 8.58. The van der Waals surface area contributed by atoms with Gasteiger partial charge in [-0.3, -0.25) is 4.90 Å². The Balaban J connectivity index is 1.73. The van der Waals surface area contributed by atoms with Gasteiger partial charge in [0.2, 0.25) is 0 Å². The summed E-state index contributed by atoms with van der Waals surface area (Å²) in [5.41, 5.74) is 0.353. The molecule has 0 spiro atoms. The zero-order chi connectivity index (χ0) is 13.0. The van der Waals surface area contributed by atoms with Gasteiger partial charge in [-0.2, -0.15) is 0 Å². The van der Waals surface area contributed by atoms with Crippen molar-refractivity contribution in [2.45, 2.75) is 25.8 Å². The lowest BCUT2D eigenvalue weighted by molar-refractivity contribution is 0.0732. The van der Waals surface area contributed by atoms with E-state index in [-0.39, 0.29) is 0 Å². The molecule has 0 amide bonds. The third-order valence-electron chi connectivity index (χ3n) is 4.61. The maximum atomic E-state index is 3.44. The summed E-state index contributed by atoms with van der Waals surface area (Å²) in [6.07, 6.45) is 1.29. The van der Waals surface area contributed by atoms with Crippen molar-refractivity contribution in [3.63, 3.8) is 0 Å². The molecule has 0 aromatic heterocycles. The highest BCUT2D eigenvalue weighted by Crippen LogP contribution is 2.20. The van der Waals surface area contributed by atoms with Crippen LogP contribution in [0.25, 0.3) is 0 Å². The minimum atomic E-state index is 0.353. The van der Waals surface area contributed by atoms with E-state index in [1.54, 1.807) is 0 Å². The number of nitrogens with zero attached hydrogens (tertiary/aromatic N) is 3. The minimum absolute atomic E-state index is 0.353. The van der Waals surface area contributed by atoms with E-state index in [1.165, 1.54) is 52.2 Å². The van der Waals surface area contributed by atoms with E-state index in [4.69, 9.17) is 0 Å². The number of piperazine rings is 2. The van der Waals surface area contributed by atoms with Crippen molar-refractivity contribution >= 4 is 0 Å². The van der Waals surface area contributed by atoms with Crippen LogP contribution in [0.5, 0.6) is 0 Å². The number of hydrogen-bond acceptors (Lipinski definition) is 4. The van der Waals surface area contributed by atoms with E-state index in [2.05, 4.69) is 40.9 Å². The summed E-state index contributed by atoms with van der Waals surface area (Å²) in [6, 6.07) is 0. The Bertz CT molecular complexity index is 240. The second-order valence-electron chi connectivity index (χ2n) is 6.44. The van der Waals surface area contributed by atoms with Crippen LogP contribution in [0, 0.1) is 0 Å². The molecular formula is C14H30N4. The standard InChI is InChI=1S/C14H30N4/c1-14(2,18-8-5-15-6-9-18)4-7-17-12-10-16(3)11-13-17/h15H,4-13H2,1-3H3. The molecule has 0 aromatic rings. The van der Waals surface area contributed by atoms with E-state index in [0.29, 0.717) is 5.54 Å². The monoisotopic (exact) mass is 254 g/mol. The van der Waals surface area contributed by atoms with Gasteiger partial charge in [-0.05, 0) is 33.9 Å². The molecule has 4 heteroatoms. The molecule has 0 atom stereocenters. The van der Waals surface area contributed by atoms with Crippen molar-refractivity contribution in [3.8, 4) is 0 Å². The molecule has 2 saturated heterocycles. The van der Waals surface area contributed by atoms with E-state index in [0.717, 1.165) is 13.1 Å². The molecule has 2 aliphatic rings. The zero-order valence-corrected chi connectivity index (χ0v) is 12.4.